The van der Waals surface area contributed by atoms with E-state index in [2.05, 4.69) is 76.5 Å². The van der Waals surface area contributed by atoms with Crippen LogP contribution in [0.4, 0.5) is 0 Å². The van der Waals surface area contributed by atoms with Crippen LogP contribution in [-0.2, 0) is 22.5 Å². The van der Waals surface area contributed by atoms with Gasteiger partial charge in [0.1, 0.15) is 12.3 Å². The minimum Gasteiger partial charge on any atom is -0.491 e. The molecule has 2 aromatic carbocycles. The van der Waals surface area contributed by atoms with E-state index in [0.29, 0.717) is 17.5 Å². The number of carbonyl (C=O) groups excluding carboxylic acids is 1. The first-order valence-electron chi connectivity index (χ1n) is 15.1. The van der Waals surface area contributed by atoms with E-state index in [-0.39, 0.29) is 18.1 Å². The summed E-state index contributed by atoms with van der Waals surface area (Å²) in [4.78, 5) is 13.1. The van der Waals surface area contributed by atoms with E-state index in [9.17, 15) is 4.79 Å². The lowest BCUT2D eigenvalue weighted by Crippen LogP contribution is -2.52. The lowest BCUT2D eigenvalue weighted by molar-refractivity contribution is -0.920. The second-order valence-corrected chi connectivity index (χ2v) is 11.5. The van der Waals surface area contributed by atoms with Gasteiger partial charge in [0.25, 0.3) is 0 Å². The van der Waals surface area contributed by atoms with E-state index in [4.69, 9.17) is 9.47 Å². The third-order valence-electron chi connectivity index (χ3n) is 7.46. The van der Waals surface area contributed by atoms with Crippen LogP contribution in [0.5, 0.6) is 5.75 Å². The van der Waals surface area contributed by atoms with Crippen molar-refractivity contribution in [2.75, 3.05) is 20.7 Å². The normalized spacial score (nSPS) is 13.2. The topological polar surface area (TPSA) is 35.5 Å². The van der Waals surface area contributed by atoms with Gasteiger partial charge in [0.2, 0.25) is 0 Å². The van der Waals surface area contributed by atoms with Gasteiger partial charge < -0.3 is 14.0 Å². The van der Waals surface area contributed by atoms with Crippen LogP contribution in [0.25, 0.3) is 0 Å². The van der Waals surface area contributed by atoms with Crippen LogP contribution in [0.15, 0.2) is 54.6 Å². The zero-order chi connectivity index (χ0) is 27.6. The molecule has 2 unspecified atom stereocenters. The van der Waals surface area contributed by atoms with Crippen molar-refractivity contribution in [3.8, 4) is 5.75 Å². The van der Waals surface area contributed by atoms with Crippen LogP contribution in [0, 0.1) is 0 Å². The maximum absolute atomic E-state index is 13.1. The molecule has 0 saturated carbocycles. The Morgan fingerprint density at radius 3 is 2.03 bits per heavy atom. The van der Waals surface area contributed by atoms with Crippen molar-refractivity contribution in [1.29, 1.82) is 0 Å². The Kier molecular flexibility index (Phi) is 15.1. The molecule has 4 heteroatoms. The first-order valence-corrected chi connectivity index (χ1v) is 15.1. The number of hydrogen-bond acceptors (Lipinski definition) is 3. The number of quaternary nitrogens is 1. The summed E-state index contributed by atoms with van der Waals surface area (Å²) in [5.41, 5.74) is 2.61. The van der Waals surface area contributed by atoms with Crippen LogP contribution in [0.3, 0.4) is 0 Å². The number of unbranched alkanes of at least 4 members (excludes halogenated alkanes) is 7. The summed E-state index contributed by atoms with van der Waals surface area (Å²) in [6, 6.07) is 18.7. The van der Waals surface area contributed by atoms with Crippen molar-refractivity contribution >= 4 is 5.97 Å². The SMILES string of the molecule is CCCCCCCCCCc1ccc(OC(C)CCOC(=O)C(CCC)[N+](C)(C)Cc2ccccc2)cc1. The van der Waals surface area contributed by atoms with Crippen LogP contribution in [0.2, 0.25) is 0 Å². The highest BCUT2D eigenvalue weighted by Gasteiger charge is 2.35. The Bertz CT molecular complexity index is 878. The summed E-state index contributed by atoms with van der Waals surface area (Å²) in [5.74, 6) is 0.776. The van der Waals surface area contributed by atoms with Crippen molar-refractivity contribution in [2.24, 2.45) is 0 Å². The molecule has 0 fully saturated rings. The summed E-state index contributed by atoms with van der Waals surface area (Å²) >= 11 is 0. The lowest BCUT2D eigenvalue weighted by Gasteiger charge is -2.36. The molecule has 2 rings (SSSR count). The van der Waals surface area contributed by atoms with Crippen LogP contribution >= 0.6 is 0 Å². The number of hydrogen-bond donors (Lipinski definition) is 0. The van der Waals surface area contributed by atoms with Gasteiger partial charge in [-0.25, -0.2) is 4.79 Å². The average molecular weight is 525 g/mol. The quantitative estimate of drug-likeness (QED) is 0.0989. The third-order valence-corrected chi connectivity index (χ3v) is 7.46. The molecule has 0 aliphatic heterocycles. The zero-order valence-corrected chi connectivity index (χ0v) is 24.9. The number of rotatable bonds is 20. The molecule has 0 amide bonds. The second-order valence-electron chi connectivity index (χ2n) is 11.5. The number of carbonyl (C=O) groups is 1. The fourth-order valence-corrected chi connectivity index (χ4v) is 5.10. The first kappa shape index (κ1) is 31.9. The van der Waals surface area contributed by atoms with Crippen molar-refractivity contribution in [3.05, 3.63) is 65.7 Å². The molecule has 0 bridgehead atoms. The molecule has 0 heterocycles. The van der Waals surface area contributed by atoms with Crippen LogP contribution in [-0.4, -0.2) is 43.3 Å². The third kappa shape index (κ3) is 12.5. The van der Waals surface area contributed by atoms with Gasteiger partial charge in [-0.05, 0) is 43.9 Å². The van der Waals surface area contributed by atoms with E-state index in [0.717, 1.165) is 31.6 Å². The fraction of sp³-hybridized carbons (Fsp3) is 0.618. The highest BCUT2D eigenvalue weighted by molar-refractivity contribution is 5.74. The van der Waals surface area contributed by atoms with Gasteiger partial charge in [-0.15, -0.1) is 0 Å². The highest BCUT2D eigenvalue weighted by atomic mass is 16.5. The van der Waals surface area contributed by atoms with E-state index in [1.54, 1.807) is 0 Å². The smallest absolute Gasteiger partial charge is 0.364 e. The highest BCUT2D eigenvalue weighted by Crippen LogP contribution is 2.20. The van der Waals surface area contributed by atoms with Gasteiger partial charge in [-0.3, -0.25) is 0 Å². The molecule has 4 nitrogen and oxygen atoms in total. The number of benzene rings is 2. The van der Waals surface area contributed by atoms with Gasteiger partial charge in [0.15, 0.2) is 6.04 Å². The van der Waals surface area contributed by atoms with Gasteiger partial charge in [-0.2, -0.15) is 0 Å². The molecule has 212 valence electrons. The predicted octanol–water partition coefficient (Wildman–Crippen LogP) is 8.52. The number of aryl methyl sites for hydroxylation is 1. The Hall–Kier alpha value is -2.33. The van der Waals surface area contributed by atoms with E-state index in [1.807, 2.05) is 13.0 Å². The summed E-state index contributed by atoms with van der Waals surface area (Å²) < 4.78 is 12.5. The van der Waals surface area contributed by atoms with Gasteiger partial charge in [0.05, 0.1) is 26.8 Å². The fourth-order valence-electron chi connectivity index (χ4n) is 5.10. The molecule has 2 atom stereocenters. The summed E-state index contributed by atoms with van der Waals surface area (Å²) in [7, 11) is 4.25. The molecular weight excluding hydrogens is 470 g/mol. The summed E-state index contributed by atoms with van der Waals surface area (Å²) in [5, 5.41) is 0. The maximum Gasteiger partial charge on any atom is 0.364 e. The molecule has 0 aliphatic rings. The predicted molar refractivity (Wildman–Crippen MR) is 159 cm³/mol. The molecule has 0 spiro atoms. The molecule has 0 saturated heterocycles. The van der Waals surface area contributed by atoms with Crippen molar-refractivity contribution in [2.45, 2.75) is 117 Å². The molecule has 0 aliphatic carbocycles. The largest absolute Gasteiger partial charge is 0.491 e. The Balaban J connectivity index is 1.70. The molecule has 2 aromatic rings. The monoisotopic (exact) mass is 524 g/mol. The number of likely N-dealkylation sites (N-methyl/N-ethyl adjacent to an activating group) is 1. The molecule has 0 radical (unpaired) electrons. The molecular formula is C34H54NO3+. The number of nitrogens with zero attached hydrogens (tertiary/aromatic N) is 1. The van der Waals surface area contributed by atoms with Crippen molar-refractivity contribution < 1.29 is 18.8 Å². The van der Waals surface area contributed by atoms with E-state index < -0.39 is 0 Å². The maximum atomic E-state index is 13.1. The summed E-state index contributed by atoms with van der Waals surface area (Å²) in [6.07, 6.45) is 14.4. The van der Waals surface area contributed by atoms with Crippen molar-refractivity contribution in [1.82, 2.24) is 0 Å². The Labute approximate surface area is 233 Å². The van der Waals surface area contributed by atoms with Gasteiger partial charge >= 0.3 is 5.97 Å². The van der Waals surface area contributed by atoms with Gasteiger partial charge in [-0.1, -0.05) is 101 Å². The van der Waals surface area contributed by atoms with Gasteiger partial charge in [0, 0.05) is 18.4 Å². The average Bonchev–Trinajstić information content (AvgIpc) is 2.90. The standard InChI is InChI=1S/C34H54NO3/c1-6-8-9-10-11-12-13-15-19-30-22-24-32(25-23-30)38-29(3)26-27-37-34(36)33(18-7-2)35(4,5)28-31-20-16-14-17-21-31/h14,16-17,20-25,29,33H,6-13,15,18-19,26-28H2,1-5H3/q+1. The molecule has 0 aromatic heterocycles. The van der Waals surface area contributed by atoms with Crippen LogP contribution in [0.1, 0.15) is 103 Å². The molecule has 0 N–H and O–H groups in total. The van der Waals surface area contributed by atoms with Crippen LogP contribution < -0.4 is 4.74 Å². The summed E-state index contributed by atoms with van der Waals surface area (Å²) in [6.45, 7) is 7.62. The Morgan fingerprint density at radius 2 is 1.39 bits per heavy atom. The van der Waals surface area contributed by atoms with E-state index >= 15 is 0 Å². The Morgan fingerprint density at radius 1 is 0.763 bits per heavy atom. The minimum atomic E-state index is -0.176. The number of esters is 1. The number of ether oxygens (including phenoxy) is 2. The first-order chi connectivity index (χ1) is 18.4. The van der Waals surface area contributed by atoms with E-state index in [1.165, 1.54) is 62.5 Å². The minimum absolute atomic E-state index is 0.0159. The second kappa shape index (κ2) is 18.0. The zero-order valence-electron chi connectivity index (χ0n) is 24.9. The van der Waals surface area contributed by atoms with Crippen molar-refractivity contribution in [3.63, 3.8) is 0 Å². The lowest BCUT2D eigenvalue weighted by atomic mass is 10.0. The molecule has 38 heavy (non-hydrogen) atoms.